The van der Waals surface area contributed by atoms with Gasteiger partial charge in [-0.15, -0.1) is 6.58 Å². The van der Waals surface area contributed by atoms with Crippen LogP contribution >= 0.6 is 0 Å². The predicted molar refractivity (Wildman–Crippen MR) is 339 cm³/mol. The van der Waals surface area contributed by atoms with Gasteiger partial charge in [-0.3, -0.25) is 0 Å². The van der Waals surface area contributed by atoms with Crippen molar-refractivity contribution in [1.82, 2.24) is 53.6 Å². The minimum Gasteiger partial charge on any atom is -0.390 e. The Morgan fingerprint density at radius 3 is 1.32 bits per heavy atom. The SMILES string of the molecule is C.C=CCC[C@@]1(C)C[C@@H](n2ccc3c(N)ncnc32)[C@@H]2OC(C)(C)O[C@@H]21.CC1(C)O[C@H]2[C@H](n3ccc4c(N)ncnc43)C[C@](C)(CCCCc3cccc(N)n3)[C@H]2O1.C[C@]1(CCCCc2cccc(N)n2)C[C@@H](n2ccc3c(N)ncnc32)[C@H](O)[C@@H]1O. The molecular formula is C65H90N16O6. The normalized spacial score (nSPS) is 29.3. The van der Waals surface area contributed by atoms with Crippen LogP contribution in [-0.4, -0.2) is 112 Å². The van der Waals surface area contributed by atoms with Crippen molar-refractivity contribution in [3.05, 3.63) is 116 Å². The van der Waals surface area contributed by atoms with E-state index < -0.39 is 23.8 Å². The standard InChI is InChI=1S/C24H32N6O2.C21H28N6O2.C19H26N4O2.CH4/c1-23(2)31-19-17(30-12-10-16-21(26)27-14-28-22(16)30)13-24(3,20(19)32-23)11-5-4-7-15-8-6-9-18(25)29-15;1-21(9-3-2-5-13-6-4-7-16(22)26-13)11-15(17(28)18(21)29)27-10-8-14-19(23)24-12-25-20(14)27;1-5-6-8-19(4)10-13(14-15(19)25-18(2,3)24-14)23-9-7-12-16(20)21-11-22-17(12)23;/h6,8-10,12,14,17,19-20H,4-5,7,11,13H2,1-3H3,(H2,25,29)(H2,26,27,28);4,6-8,10,12,15,17-18,28-29H,2-3,5,9,11H2,1H3,(H2,22,26)(H2,23,24,25);5,7,9,11,13-15H,1,6,8,10H2,2-4H3,(H2,20,21,22);1H4/t17-,19+,20+,24+;15-,17+,18+,21+;13-,14+,15+,19+;/m111./s1. The van der Waals surface area contributed by atoms with E-state index in [1.165, 1.54) is 19.0 Å². The second-order valence-corrected chi connectivity index (χ2v) is 26.3. The largest absolute Gasteiger partial charge is 0.390 e. The molecule has 5 aliphatic rings. The summed E-state index contributed by atoms with van der Waals surface area (Å²) in [5.41, 5.74) is 33.7. The number of hydrogen-bond acceptors (Lipinski definition) is 19. The van der Waals surface area contributed by atoms with Gasteiger partial charge in [0, 0.05) is 30.0 Å². The average Bonchev–Trinajstić information content (AvgIpc) is 1.61. The molecule has 87 heavy (non-hydrogen) atoms. The third-order valence-corrected chi connectivity index (χ3v) is 19.0. The Kier molecular flexibility index (Phi) is 17.8. The second-order valence-electron chi connectivity index (χ2n) is 26.3. The fourth-order valence-electron chi connectivity index (χ4n) is 14.6. The van der Waals surface area contributed by atoms with Crippen molar-refractivity contribution < 1.29 is 29.2 Å². The van der Waals surface area contributed by atoms with E-state index in [-0.39, 0.29) is 66.2 Å². The molecule has 3 aliphatic carbocycles. The van der Waals surface area contributed by atoms with Crippen LogP contribution in [0.25, 0.3) is 33.1 Å². The molecule has 22 nitrogen and oxygen atoms in total. The van der Waals surface area contributed by atoms with Crippen LogP contribution < -0.4 is 28.7 Å². The monoisotopic (exact) mass is 1190 g/mol. The van der Waals surface area contributed by atoms with Gasteiger partial charge in [0.25, 0.3) is 0 Å². The van der Waals surface area contributed by atoms with Gasteiger partial charge >= 0.3 is 0 Å². The summed E-state index contributed by atoms with van der Waals surface area (Å²) < 4.78 is 31.9. The molecule has 12 N–H and O–H groups in total. The summed E-state index contributed by atoms with van der Waals surface area (Å²) in [6.07, 6.45) is 23.1. The van der Waals surface area contributed by atoms with E-state index in [1.54, 1.807) is 6.07 Å². The number of nitrogens with two attached hydrogens (primary N) is 5. The lowest BCUT2D eigenvalue weighted by Gasteiger charge is -2.32. The van der Waals surface area contributed by atoms with Crippen LogP contribution in [0.2, 0.25) is 0 Å². The number of aromatic nitrogens is 11. The number of rotatable bonds is 16. The van der Waals surface area contributed by atoms with E-state index in [1.807, 2.05) is 99.3 Å². The van der Waals surface area contributed by atoms with Crippen molar-refractivity contribution >= 4 is 62.2 Å². The van der Waals surface area contributed by atoms with E-state index in [4.69, 9.17) is 47.6 Å². The van der Waals surface area contributed by atoms with Gasteiger partial charge in [0.05, 0.1) is 52.6 Å². The van der Waals surface area contributed by atoms with Crippen LogP contribution in [0, 0.1) is 16.2 Å². The number of ether oxygens (including phenoxy) is 4. The van der Waals surface area contributed by atoms with Gasteiger partial charge in [-0.05, 0) is 157 Å². The predicted octanol–water partition coefficient (Wildman–Crippen LogP) is 10.0. The molecule has 466 valence electrons. The summed E-state index contributed by atoms with van der Waals surface area (Å²) in [6.45, 7) is 18.5. The number of aryl methyl sites for hydroxylation is 2. The Labute approximate surface area is 509 Å². The topological polar surface area (TPSA) is 325 Å². The van der Waals surface area contributed by atoms with Crippen molar-refractivity contribution in [2.24, 2.45) is 16.2 Å². The van der Waals surface area contributed by atoms with Gasteiger partial charge < -0.3 is 71.5 Å². The van der Waals surface area contributed by atoms with Gasteiger partial charge in [-0.25, -0.2) is 39.9 Å². The quantitative estimate of drug-likeness (QED) is 0.0349. The Hall–Kier alpha value is -7.34. The first-order valence-corrected chi connectivity index (χ1v) is 30.3. The summed E-state index contributed by atoms with van der Waals surface area (Å²) in [5.74, 6) is 1.38. The number of hydrogen-bond donors (Lipinski definition) is 7. The van der Waals surface area contributed by atoms with Crippen molar-refractivity contribution in [1.29, 1.82) is 0 Å². The summed E-state index contributed by atoms with van der Waals surface area (Å²) in [6, 6.07) is 17.4. The van der Waals surface area contributed by atoms with Crippen LogP contribution in [0.5, 0.6) is 0 Å². The molecule has 8 aromatic rings. The van der Waals surface area contributed by atoms with E-state index in [9.17, 15) is 10.2 Å². The van der Waals surface area contributed by atoms with E-state index in [2.05, 4.69) is 82.6 Å². The molecule has 0 bridgehead atoms. The number of anilines is 5. The van der Waals surface area contributed by atoms with Crippen molar-refractivity contribution in [2.75, 3.05) is 28.7 Å². The molecule has 12 atom stereocenters. The van der Waals surface area contributed by atoms with Gasteiger partial charge in [-0.2, -0.15) is 0 Å². The van der Waals surface area contributed by atoms with Gasteiger partial charge in [-0.1, -0.05) is 59.2 Å². The summed E-state index contributed by atoms with van der Waals surface area (Å²) in [5, 5.41) is 24.1. The first kappa shape index (κ1) is 62.7. The number of fused-ring (bicyclic) bond motifs is 5. The molecule has 13 rings (SSSR count). The van der Waals surface area contributed by atoms with Crippen molar-refractivity contribution in [2.45, 2.75) is 206 Å². The van der Waals surface area contributed by atoms with Crippen LogP contribution in [0.15, 0.2) is 105 Å². The third-order valence-electron chi connectivity index (χ3n) is 19.0. The molecule has 0 unspecified atom stereocenters. The Balaban J connectivity index is 0.000000145. The van der Waals surface area contributed by atoms with Crippen LogP contribution in [0.4, 0.5) is 29.1 Å². The molecule has 5 fully saturated rings. The summed E-state index contributed by atoms with van der Waals surface area (Å²) in [7, 11) is 0. The Morgan fingerprint density at radius 2 is 0.908 bits per heavy atom. The van der Waals surface area contributed by atoms with Crippen LogP contribution in [0.3, 0.4) is 0 Å². The third kappa shape index (κ3) is 12.6. The molecule has 10 heterocycles. The van der Waals surface area contributed by atoms with Crippen molar-refractivity contribution in [3.8, 4) is 0 Å². The number of aliphatic hydroxyl groups excluding tert-OH is 2. The molecule has 3 saturated carbocycles. The molecule has 2 aliphatic heterocycles. The smallest absolute Gasteiger partial charge is 0.163 e. The maximum absolute atomic E-state index is 10.8. The highest BCUT2D eigenvalue weighted by atomic mass is 16.8. The van der Waals surface area contributed by atoms with Crippen LogP contribution in [-0.2, 0) is 31.8 Å². The number of nitrogens with zero attached hydrogens (tertiary/aromatic N) is 11. The number of pyridine rings is 2. The number of allylic oxidation sites excluding steroid dienone is 1. The number of aliphatic hydroxyl groups is 2. The molecular weight excluding hydrogens is 1100 g/mol. The molecule has 0 radical (unpaired) electrons. The summed E-state index contributed by atoms with van der Waals surface area (Å²) in [4.78, 5) is 34.3. The molecule has 0 aromatic carbocycles. The number of unbranched alkanes of at least 4 members (excludes halogenated alkanes) is 2. The zero-order valence-electron chi connectivity index (χ0n) is 50.7. The molecule has 2 saturated heterocycles. The highest BCUT2D eigenvalue weighted by Crippen LogP contribution is 2.57. The Morgan fingerprint density at radius 1 is 0.517 bits per heavy atom. The lowest BCUT2D eigenvalue weighted by molar-refractivity contribution is -0.168. The maximum Gasteiger partial charge on any atom is 0.163 e. The molecule has 22 heteroatoms. The zero-order chi connectivity index (χ0) is 60.9. The van der Waals surface area contributed by atoms with E-state index >= 15 is 0 Å². The van der Waals surface area contributed by atoms with E-state index in [0.29, 0.717) is 41.2 Å². The second kappa shape index (κ2) is 24.7. The summed E-state index contributed by atoms with van der Waals surface area (Å²) >= 11 is 0. The molecule has 0 spiro atoms. The fourth-order valence-corrected chi connectivity index (χ4v) is 14.6. The first-order valence-electron chi connectivity index (χ1n) is 30.3. The van der Waals surface area contributed by atoms with Gasteiger partial charge in [0.2, 0.25) is 0 Å². The van der Waals surface area contributed by atoms with Crippen molar-refractivity contribution in [3.63, 3.8) is 0 Å². The highest BCUT2D eigenvalue weighted by molar-refractivity contribution is 5.87. The lowest BCUT2D eigenvalue weighted by atomic mass is 9.80. The highest BCUT2D eigenvalue weighted by Gasteiger charge is 2.61. The fraction of sp³-hybridized carbons (Fsp3) is 0.538. The maximum atomic E-state index is 10.8. The lowest BCUT2D eigenvalue weighted by Crippen LogP contribution is -2.34. The molecule has 0 amide bonds. The Bertz CT molecular complexity index is 3700. The average molecular weight is 1190 g/mol. The first-order chi connectivity index (χ1) is 41.0. The minimum atomic E-state index is -0.859. The minimum absolute atomic E-state index is 0. The van der Waals surface area contributed by atoms with Crippen LogP contribution in [0.1, 0.15) is 156 Å². The zero-order valence-corrected chi connectivity index (χ0v) is 50.7. The van der Waals surface area contributed by atoms with Gasteiger partial charge in [0.15, 0.2) is 11.6 Å². The molecule has 8 aromatic heterocycles. The van der Waals surface area contributed by atoms with E-state index in [0.717, 1.165) is 116 Å². The van der Waals surface area contributed by atoms with Gasteiger partial charge in [0.1, 0.15) is 83.3 Å². The number of nitrogen functional groups attached to an aromatic ring is 5.